The summed E-state index contributed by atoms with van der Waals surface area (Å²) in [6.07, 6.45) is 95.2. The Balaban J connectivity index is 4.20. The van der Waals surface area contributed by atoms with Crippen LogP contribution < -0.4 is 0 Å². The Morgan fingerprint density at radius 2 is 0.518 bits per heavy atom. The van der Waals surface area contributed by atoms with Crippen LogP contribution in [0.5, 0.6) is 0 Å². The summed E-state index contributed by atoms with van der Waals surface area (Å²) in [5, 5.41) is 0. The molecular weight excluding hydrogens is 1020 g/mol. The number of esters is 3. The van der Waals surface area contributed by atoms with E-state index in [0.29, 0.717) is 12.8 Å². The molecule has 0 N–H and O–H groups in total. The minimum absolute atomic E-state index is 0.107. The number of unbranched alkanes of at least 4 members (excludes halogenated alkanes) is 42. The fraction of sp³-hybridized carbons (Fsp3) is 0.779. The van der Waals surface area contributed by atoms with E-state index in [4.69, 9.17) is 14.2 Å². The third-order valence-electron chi connectivity index (χ3n) is 15.9. The number of allylic oxidation sites excluding steroid dienone is 13. The van der Waals surface area contributed by atoms with Gasteiger partial charge in [-0.1, -0.05) is 356 Å². The first-order valence-corrected chi connectivity index (χ1v) is 36.1. The predicted octanol–water partition coefficient (Wildman–Crippen LogP) is 25.0. The van der Waals surface area contributed by atoms with Gasteiger partial charge in [0.2, 0.25) is 0 Å². The van der Waals surface area contributed by atoms with Crippen molar-refractivity contribution < 1.29 is 28.6 Å². The first kappa shape index (κ1) is 79.6. The normalized spacial score (nSPS) is 12.6. The summed E-state index contributed by atoms with van der Waals surface area (Å²) in [5.41, 5.74) is 0. The van der Waals surface area contributed by atoms with Crippen LogP contribution in [0.15, 0.2) is 85.1 Å². The molecule has 0 aliphatic heterocycles. The van der Waals surface area contributed by atoms with Gasteiger partial charge in [-0.15, -0.1) is 0 Å². The maximum atomic E-state index is 12.9. The zero-order valence-electron chi connectivity index (χ0n) is 55.2. The van der Waals surface area contributed by atoms with Crippen LogP contribution in [0, 0.1) is 0 Å². The van der Waals surface area contributed by atoms with Crippen molar-refractivity contribution in [1.82, 2.24) is 0 Å². The second-order valence-electron chi connectivity index (χ2n) is 24.1. The minimum atomic E-state index is -0.822. The van der Waals surface area contributed by atoms with Crippen LogP contribution >= 0.6 is 0 Å². The topological polar surface area (TPSA) is 78.9 Å². The van der Waals surface area contributed by atoms with Crippen LogP contribution in [-0.4, -0.2) is 37.2 Å². The molecule has 0 aliphatic rings. The van der Waals surface area contributed by atoms with E-state index in [0.717, 1.165) is 83.5 Å². The Kier molecular flexibility index (Phi) is 68.2. The number of ether oxygens (including phenoxy) is 3. The molecule has 83 heavy (non-hydrogen) atoms. The lowest BCUT2D eigenvalue weighted by Gasteiger charge is -2.18. The van der Waals surface area contributed by atoms with Crippen molar-refractivity contribution in [2.75, 3.05) is 13.2 Å². The predicted molar refractivity (Wildman–Crippen MR) is 362 cm³/mol. The monoisotopic (exact) mass is 1160 g/mol. The molecule has 1 atom stereocenters. The lowest BCUT2D eigenvalue weighted by molar-refractivity contribution is -0.166. The van der Waals surface area contributed by atoms with Crippen molar-refractivity contribution in [3.63, 3.8) is 0 Å². The van der Waals surface area contributed by atoms with Gasteiger partial charge in [-0.2, -0.15) is 0 Å². The number of carbonyl (C=O) groups is 3. The SMILES string of the molecule is CC/C=C\C/C=C\C/C=C\C/C=C\C/C=C\CC(=O)OCC(COC(=O)CCCCCCCCCCCCCCCCCCCCCCCCCCCCCCCCCCC)OC(=O)CCCCCCCCC/C=C\C/C=C\CCCCC. The Bertz CT molecular complexity index is 1570. The van der Waals surface area contributed by atoms with Gasteiger partial charge in [-0.05, 0) is 77.0 Å². The molecule has 0 spiro atoms. The highest BCUT2D eigenvalue weighted by Crippen LogP contribution is 2.18. The van der Waals surface area contributed by atoms with Gasteiger partial charge in [0.1, 0.15) is 13.2 Å². The van der Waals surface area contributed by atoms with E-state index in [9.17, 15) is 14.4 Å². The van der Waals surface area contributed by atoms with E-state index in [1.165, 1.54) is 244 Å². The average Bonchev–Trinajstić information content (AvgIpc) is 3.49. The van der Waals surface area contributed by atoms with E-state index in [2.05, 4.69) is 93.7 Å². The Morgan fingerprint density at radius 3 is 0.867 bits per heavy atom. The quantitative estimate of drug-likeness (QED) is 0.0261. The molecule has 0 aromatic heterocycles. The van der Waals surface area contributed by atoms with E-state index in [-0.39, 0.29) is 31.6 Å². The second kappa shape index (κ2) is 71.1. The molecule has 0 aromatic rings. The fourth-order valence-corrected chi connectivity index (χ4v) is 10.6. The molecule has 0 radical (unpaired) electrons. The lowest BCUT2D eigenvalue weighted by atomic mass is 10.0. The molecule has 1 unspecified atom stereocenters. The van der Waals surface area contributed by atoms with Gasteiger partial charge in [-0.3, -0.25) is 14.4 Å². The largest absolute Gasteiger partial charge is 0.462 e. The van der Waals surface area contributed by atoms with E-state index >= 15 is 0 Å². The lowest BCUT2D eigenvalue weighted by Crippen LogP contribution is -2.30. The Hall–Kier alpha value is -3.41. The Labute approximate surface area is 515 Å². The molecule has 0 fully saturated rings. The molecule has 0 aromatic carbocycles. The molecule has 480 valence electrons. The van der Waals surface area contributed by atoms with Crippen LogP contribution in [-0.2, 0) is 28.6 Å². The zero-order chi connectivity index (χ0) is 59.9. The van der Waals surface area contributed by atoms with Crippen molar-refractivity contribution in [2.45, 2.75) is 374 Å². The average molecular weight is 1160 g/mol. The fourth-order valence-electron chi connectivity index (χ4n) is 10.6. The van der Waals surface area contributed by atoms with Crippen molar-refractivity contribution in [3.05, 3.63) is 85.1 Å². The van der Waals surface area contributed by atoms with Gasteiger partial charge in [0.25, 0.3) is 0 Å². The molecule has 0 saturated heterocycles. The highest BCUT2D eigenvalue weighted by atomic mass is 16.6. The first-order valence-electron chi connectivity index (χ1n) is 36.1. The van der Waals surface area contributed by atoms with Gasteiger partial charge in [-0.25, -0.2) is 0 Å². The smallest absolute Gasteiger partial charge is 0.309 e. The van der Waals surface area contributed by atoms with E-state index in [1.807, 2.05) is 6.08 Å². The molecule has 6 nitrogen and oxygen atoms in total. The van der Waals surface area contributed by atoms with Crippen molar-refractivity contribution >= 4 is 17.9 Å². The molecule has 0 heterocycles. The summed E-state index contributed by atoms with van der Waals surface area (Å²) >= 11 is 0. The summed E-state index contributed by atoms with van der Waals surface area (Å²) in [7, 11) is 0. The van der Waals surface area contributed by atoms with E-state index < -0.39 is 12.1 Å². The maximum Gasteiger partial charge on any atom is 0.309 e. The molecule has 6 heteroatoms. The molecule has 0 rings (SSSR count). The summed E-state index contributed by atoms with van der Waals surface area (Å²) in [5.74, 6) is -1.03. The number of hydrogen-bond donors (Lipinski definition) is 0. The molecular formula is C77H136O6. The summed E-state index contributed by atoms with van der Waals surface area (Å²) in [6, 6.07) is 0. The van der Waals surface area contributed by atoms with Crippen LogP contribution in [0.4, 0.5) is 0 Å². The molecule has 0 bridgehead atoms. The van der Waals surface area contributed by atoms with Gasteiger partial charge < -0.3 is 14.2 Å². The van der Waals surface area contributed by atoms with Crippen LogP contribution in [0.1, 0.15) is 367 Å². The molecule has 0 saturated carbocycles. The number of rotatable bonds is 66. The second-order valence-corrected chi connectivity index (χ2v) is 24.1. The summed E-state index contributed by atoms with van der Waals surface area (Å²) < 4.78 is 16.8. The van der Waals surface area contributed by atoms with E-state index in [1.54, 1.807) is 6.08 Å². The van der Waals surface area contributed by atoms with Crippen LogP contribution in [0.2, 0.25) is 0 Å². The summed E-state index contributed by atoms with van der Waals surface area (Å²) in [4.78, 5) is 38.3. The third-order valence-corrected chi connectivity index (χ3v) is 15.9. The first-order chi connectivity index (χ1) is 41.0. The van der Waals surface area contributed by atoms with Gasteiger partial charge >= 0.3 is 17.9 Å². The third kappa shape index (κ3) is 69.3. The van der Waals surface area contributed by atoms with Crippen molar-refractivity contribution in [3.8, 4) is 0 Å². The van der Waals surface area contributed by atoms with Crippen molar-refractivity contribution in [2.24, 2.45) is 0 Å². The van der Waals surface area contributed by atoms with Gasteiger partial charge in [0.15, 0.2) is 6.10 Å². The Morgan fingerprint density at radius 1 is 0.265 bits per heavy atom. The summed E-state index contributed by atoms with van der Waals surface area (Å²) in [6.45, 7) is 6.46. The standard InChI is InChI=1S/C77H136O6/c1-4-7-10-13-16-19-22-25-28-30-31-32-33-34-35-36-37-38-39-40-41-42-43-44-45-47-49-52-55-58-61-64-67-70-76(79)82-73-74(72-81-75(78)69-66-63-60-57-54-51-48-27-24-21-18-15-12-9-6-3)83-77(80)71-68-65-62-59-56-53-50-46-29-26-23-20-17-14-11-8-5-2/h9,12,17-18,20-21,26-27,29,48,54,57,63,66,74H,4-8,10-11,13-16,19,22-25,28,30-47,49-53,55-56,58-62,64-65,67-73H2,1-3H3/b12-9-,20-17-,21-18-,29-26-,48-27-,57-54-,66-63-. The maximum absolute atomic E-state index is 12.9. The molecule has 0 aliphatic carbocycles. The van der Waals surface area contributed by atoms with Crippen LogP contribution in [0.3, 0.4) is 0 Å². The number of hydrogen-bond acceptors (Lipinski definition) is 6. The zero-order valence-corrected chi connectivity index (χ0v) is 55.2. The van der Waals surface area contributed by atoms with Gasteiger partial charge in [0, 0.05) is 12.8 Å². The molecule has 0 amide bonds. The van der Waals surface area contributed by atoms with Gasteiger partial charge in [0.05, 0.1) is 6.42 Å². The van der Waals surface area contributed by atoms with Crippen LogP contribution in [0.25, 0.3) is 0 Å². The highest BCUT2D eigenvalue weighted by molar-refractivity contribution is 5.72. The minimum Gasteiger partial charge on any atom is -0.462 e. The van der Waals surface area contributed by atoms with Crippen molar-refractivity contribution in [1.29, 1.82) is 0 Å². The number of carbonyl (C=O) groups excluding carboxylic acids is 3. The highest BCUT2D eigenvalue weighted by Gasteiger charge is 2.19.